The number of ether oxygens (including phenoxy) is 2. The third-order valence-corrected chi connectivity index (χ3v) is 5.78. The van der Waals surface area contributed by atoms with Gasteiger partial charge in [-0.2, -0.15) is 0 Å². The maximum atomic E-state index is 13.0. The van der Waals surface area contributed by atoms with Crippen LogP contribution in [0.4, 0.5) is 0 Å². The van der Waals surface area contributed by atoms with Gasteiger partial charge in [0, 0.05) is 7.11 Å². The Balaban J connectivity index is 1.84. The second-order valence-electron chi connectivity index (χ2n) is 7.99. The predicted molar refractivity (Wildman–Crippen MR) is 105 cm³/mol. The molecule has 1 saturated carbocycles. The van der Waals surface area contributed by atoms with Crippen molar-refractivity contribution >= 4 is 16.7 Å². The minimum atomic E-state index is -0.689. The first-order valence-electron chi connectivity index (χ1n) is 9.72. The minimum Gasteiger partial charge on any atom is -0.460 e. The molecular formula is C23H30O3. The SMILES string of the molecule is CO[C@@H](C(=O)O[C@@H]1C[C@H](C)CC[C@H]1C(C)C)c1cccc2ccccc12. The molecule has 2 aromatic carbocycles. The number of rotatable bonds is 5. The zero-order valence-corrected chi connectivity index (χ0v) is 16.3. The average Bonchev–Trinajstić information content (AvgIpc) is 2.62. The Morgan fingerprint density at radius 2 is 1.81 bits per heavy atom. The van der Waals surface area contributed by atoms with Crippen LogP contribution >= 0.6 is 0 Å². The van der Waals surface area contributed by atoms with Crippen LogP contribution in [0, 0.1) is 17.8 Å². The molecule has 1 aliphatic rings. The average molecular weight is 354 g/mol. The Morgan fingerprint density at radius 3 is 2.54 bits per heavy atom. The lowest BCUT2D eigenvalue weighted by Gasteiger charge is -2.37. The monoisotopic (exact) mass is 354 g/mol. The lowest BCUT2D eigenvalue weighted by molar-refractivity contribution is -0.168. The molecule has 0 spiro atoms. The molecule has 0 aliphatic heterocycles. The van der Waals surface area contributed by atoms with Gasteiger partial charge in [0.1, 0.15) is 6.10 Å². The van der Waals surface area contributed by atoms with Crippen molar-refractivity contribution in [1.29, 1.82) is 0 Å². The highest BCUT2D eigenvalue weighted by Gasteiger charge is 2.35. The summed E-state index contributed by atoms with van der Waals surface area (Å²) in [5.41, 5.74) is 0.876. The van der Waals surface area contributed by atoms with Gasteiger partial charge < -0.3 is 9.47 Å². The summed E-state index contributed by atoms with van der Waals surface area (Å²) in [5.74, 6) is 1.27. The smallest absolute Gasteiger partial charge is 0.340 e. The second kappa shape index (κ2) is 8.22. The molecule has 1 fully saturated rings. The first kappa shape index (κ1) is 18.9. The molecule has 0 bridgehead atoms. The first-order chi connectivity index (χ1) is 12.5. The predicted octanol–water partition coefficient (Wildman–Crippen LogP) is 5.53. The largest absolute Gasteiger partial charge is 0.460 e. The van der Waals surface area contributed by atoms with Gasteiger partial charge in [-0.05, 0) is 46.9 Å². The molecule has 0 saturated heterocycles. The molecule has 0 radical (unpaired) electrons. The second-order valence-corrected chi connectivity index (χ2v) is 7.99. The summed E-state index contributed by atoms with van der Waals surface area (Å²) in [5, 5.41) is 2.14. The molecule has 3 rings (SSSR count). The summed E-state index contributed by atoms with van der Waals surface area (Å²) in [6.07, 6.45) is 2.59. The summed E-state index contributed by atoms with van der Waals surface area (Å²) in [6, 6.07) is 14.1. The topological polar surface area (TPSA) is 35.5 Å². The number of benzene rings is 2. The zero-order chi connectivity index (χ0) is 18.7. The van der Waals surface area contributed by atoms with Crippen molar-refractivity contribution in [3.05, 3.63) is 48.0 Å². The van der Waals surface area contributed by atoms with Crippen molar-refractivity contribution in [3.63, 3.8) is 0 Å². The van der Waals surface area contributed by atoms with E-state index in [2.05, 4.69) is 32.9 Å². The van der Waals surface area contributed by atoms with E-state index < -0.39 is 6.10 Å². The van der Waals surface area contributed by atoms with E-state index in [1.807, 2.05) is 30.3 Å². The molecule has 2 aromatic rings. The molecule has 0 aromatic heterocycles. The van der Waals surface area contributed by atoms with Crippen LogP contribution in [0.2, 0.25) is 0 Å². The third kappa shape index (κ3) is 3.93. The maximum absolute atomic E-state index is 13.0. The number of carbonyl (C=O) groups excluding carboxylic acids is 1. The molecule has 140 valence electrons. The molecule has 3 nitrogen and oxygen atoms in total. The molecule has 0 heterocycles. The van der Waals surface area contributed by atoms with Gasteiger partial charge >= 0.3 is 5.97 Å². The van der Waals surface area contributed by atoms with E-state index >= 15 is 0 Å². The van der Waals surface area contributed by atoms with E-state index in [1.54, 1.807) is 7.11 Å². The van der Waals surface area contributed by atoms with Crippen LogP contribution in [0.3, 0.4) is 0 Å². The maximum Gasteiger partial charge on any atom is 0.340 e. The van der Waals surface area contributed by atoms with Crippen molar-refractivity contribution < 1.29 is 14.3 Å². The van der Waals surface area contributed by atoms with Crippen molar-refractivity contribution in [1.82, 2.24) is 0 Å². The summed E-state index contributed by atoms with van der Waals surface area (Å²) in [6.45, 7) is 6.69. The summed E-state index contributed by atoms with van der Waals surface area (Å²) in [4.78, 5) is 13.0. The first-order valence-corrected chi connectivity index (χ1v) is 9.72. The van der Waals surface area contributed by atoms with Crippen molar-refractivity contribution in [2.75, 3.05) is 7.11 Å². The van der Waals surface area contributed by atoms with Crippen molar-refractivity contribution in [2.24, 2.45) is 17.8 Å². The molecule has 1 aliphatic carbocycles. The molecular weight excluding hydrogens is 324 g/mol. The Hall–Kier alpha value is -1.87. The lowest BCUT2D eigenvalue weighted by atomic mass is 9.75. The van der Waals surface area contributed by atoms with Gasteiger partial charge in [-0.25, -0.2) is 4.79 Å². The van der Waals surface area contributed by atoms with Crippen LogP contribution in [-0.2, 0) is 14.3 Å². The van der Waals surface area contributed by atoms with Gasteiger partial charge in [0.05, 0.1) is 0 Å². The van der Waals surface area contributed by atoms with E-state index in [-0.39, 0.29) is 12.1 Å². The summed E-state index contributed by atoms with van der Waals surface area (Å²) in [7, 11) is 1.58. The third-order valence-electron chi connectivity index (χ3n) is 5.78. The number of hydrogen-bond donors (Lipinski definition) is 0. The highest BCUT2D eigenvalue weighted by molar-refractivity contribution is 5.90. The number of fused-ring (bicyclic) bond motifs is 1. The van der Waals surface area contributed by atoms with Crippen LogP contribution in [0.25, 0.3) is 10.8 Å². The van der Waals surface area contributed by atoms with Gasteiger partial charge in [-0.3, -0.25) is 0 Å². The Kier molecular flexibility index (Phi) is 5.98. The van der Waals surface area contributed by atoms with E-state index in [4.69, 9.17) is 9.47 Å². The van der Waals surface area contributed by atoms with Crippen LogP contribution < -0.4 is 0 Å². The Bertz CT molecular complexity index is 747. The highest BCUT2D eigenvalue weighted by Crippen LogP contribution is 2.36. The summed E-state index contributed by atoms with van der Waals surface area (Å²) < 4.78 is 11.6. The van der Waals surface area contributed by atoms with Gasteiger partial charge in [-0.15, -0.1) is 0 Å². The Morgan fingerprint density at radius 1 is 1.08 bits per heavy atom. The fourth-order valence-corrected chi connectivity index (χ4v) is 4.29. The van der Waals surface area contributed by atoms with Crippen LogP contribution in [0.15, 0.2) is 42.5 Å². The molecule has 3 heteroatoms. The fourth-order valence-electron chi connectivity index (χ4n) is 4.29. The minimum absolute atomic E-state index is 0.0149. The van der Waals surface area contributed by atoms with Crippen molar-refractivity contribution in [3.8, 4) is 0 Å². The zero-order valence-electron chi connectivity index (χ0n) is 16.3. The lowest BCUT2D eigenvalue weighted by Crippen LogP contribution is -2.37. The number of carbonyl (C=O) groups is 1. The molecule has 0 unspecified atom stereocenters. The van der Waals surface area contributed by atoms with E-state index in [1.165, 1.54) is 6.42 Å². The van der Waals surface area contributed by atoms with Crippen LogP contribution in [0.5, 0.6) is 0 Å². The Labute approximate surface area is 156 Å². The number of esters is 1. The summed E-state index contributed by atoms with van der Waals surface area (Å²) >= 11 is 0. The van der Waals surface area contributed by atoms with Gasteiger partial charge in [0.15, 0.2) is 6.10 Å². The van der Waals surface area contributed by atoms with E-state index in [9.17, 15) is 4.79 Å². The van der Waals surface area contributed by atoms with Gasteiger partial charge in [-0.1, -0.05) is 69.7 Å². The molecule has 0 N–H and O–H groups in total. The number of methoxy groups -OCH3 is 1. The van der Waals surface area contributed by atoms with E-state index in [0.717, 1.165) is 29.2 Å². The highest BCUT2D eigenvalue weighted by atomic mass is 16.6. The number of hydrogen-bond acceptors (Lipinski definition) is 3. The normalized spacial score (nSPS) is 24.6. The van der Waals surface area contributed by atoms with Gasteiger partial charge in [0.2, 0.25) is 0 Å². The fraction of sp³-hybridized carbons (Fsp3) is 0.522. The standard InChI is InChI=1S/C23H30O3/c1-15(2)18-13-12-16(3)14-21(18)26-23(24)22(25-4)20-11-7-9-17-8-5-6-10-19(17)20/h5-11,15-16,18,21-22H,12-14H2,1-4H3/t16-,18+,21-,22-/m1/s1. The van der Waals surface area contributed by atoms with Crippen molar-refractivity contribution in [2.45, 2.75) is 52.2 Å². The van der Waals surface area contributed by atoms with Crippen LogP contribution in [0.1, 0.15) is 51.7 Å². The van der Waals surface area contributed by atoms with E-state index in [0.29, 0.717) is 17.8 Å². The molecule has 0 amide bonds. The molecule has 26 heavy (non-hydrogen) atoms. The van der Waals surface area contributed by atoms with Gasteiger partial charge in [0.25, 0.3) is 0 Å². The molecule has 4 atom stereocenters. The van der Waals surface area contributed by atoms with Crippen LogP contribution in [-0.4, -0.2) is 19.2 Å². The quantitative estimate of drug-likeness (QED) is 0.662.